The van der Waals surface area contributed by atoms with E-state index in [0.717, 1.165) is 36.0 Å². The number of hydrogen-bond donors (Lipinski definition) is 1. The third kappa shape index (κ3) is 3.76. The van der Waals surface area contributed by atoms with Gasteiger partial charge in [0.25, 0.3) is 0 Å². The minimum absolute atomic E-state index is 0.127. The maximum Gasteiger partial charge on any atom is 0.127 e. The van der Waals surface area contributed by atoms with Gasteiger partial charge in [0.05, 0.1) is 0 Å². The van der Waals surface area contributed by atoms with Gasteiger partial charge in [0.1, 0.15) is 5.82 Å². The second-order valence-corrected chi connectivity index (χ2v) is 4.15. The van der Waals surface area contributed by atoms with Gasteiger partial charge in [-0.05, 0) is 43.6 Å². The van der Waals surface area contributed by atoms with Crippen molar-refractivity contribution in [1.29, 1.82) is 0 Å². The highest BCUT2D eigenvalue weighted by atomic mass is 79.9. The van der Waals surface area contributed by atoms with Crippen LogP contribution >= 0.6 is 15.9 Å². The van der Waals surface area contributed by atoms with E-state index in [1.54, 1.807) is 0 Å². The fourth-order valence-corrected chi connectivity index (χ4v) is 1.58. The van der Waals surface area contributed by atoms with Crippen LogP contribution in [-0.2, 0) is 6.42 Å². The zero-order valence-corrected chi connectivity index (χ0v) is 9.90. The third-order valence-electron chi connectivity index (χ3n) is 2.01. The zero-order chi connectivity index (χ0) is 10.4. The highest BCUT2D eigenvalue weighted by molar-refractivity contribution is 9.10. The number of halogens is 2. The van der Waals surface area contributed by atoms with E-state index in [0.29, 0.717) is 0 Å². The molecule has 14 heavy (non-hydrogen) atoms. The molecule has 1 nitrogen and oxygen atoms in total. The molecule has 0 aliphatic carbocycles. The number of rotatable bonds is 5. The Kier molecular flexibility index (Phi) is 5.12. The number of hydrogen-bond acceptors (Lipinski definition) is 1. The molecule has 0 aliphatic rings. The van der Waals surface area contributed by atoms with Crippen molar-refractivity contribution in [1.82, 2.24) is 5.32 Å². The summed E-state index contributed by atoms with van der Waals surface area (Å²) >= 11 is 3.23. The maximum absolute atomic E-state index is 13.3. The highest BCUT2D eigenvalue weighted by Crippen LogP contribution is 2.15. The average Bonchev–Trinajstić information content (AvgIpc) is 2.15. The lowest BCUT2D eigenvalue weighted by Crippen LogP contribution is -2.18. The molecule has 0 amide bonds. The van der Waals surface area contributed by atoms with E-state index in [4.69, 9.17) is 0 Å². The van der Waals surface area contributed by atoms with Gasteiger partial charge in [-0.2, -0.15) is 0 Å². The van der Waals surface area contributed by atoms with E-state index in [9.17, 15) is 4.39 Å². The van der Waals surface area contributed by atoms with Crippen molar-refractivity contribution < 1.29 is 4.39 Å². The van der Waals surface area contributed by atoms with Gasteiger partial charge in [-0.3, -0.25) is 0 Å². The van der Waals surface area contributed by atoms with Gasteiger partial charge >= 0.3 is 0 Å². The van der Waals surface area contributed by atoms with Gasteiger partial charge in [0.15, 0.2) is 0 Å². The molecule has 3 heteroatoms. The number of benzene rings is 1. The van der Waals surface area contributed by atoms with Crippen molar-refractivity contribution in [2.75, 3.05) is 13.1 Å². The van der Waals surface area contributed by atoms with E-state index < -0.39 is 0 Å². The Morgan fingerprint density at radius 3 is 2.79 bits per heavy atom. The molecule has 0 saturated heterocycles. The first kappa shape index (κ1) is 11.7. The summed E-state index contributed by atoms with van der Waals surface area (Å²) in [5.74, 6) is -0.127. The lowest BCUT2D eigenvalue weighted by atomic mass is 10.1. The van der Waals surface area contributed by atoms with Crippen LogP contribution in [0.2, 0.25) is 0 Å². The Morgan fingerprint density at radius 1 is 1.36 bits per heavy atom. The monoisotopic (exact) mass is 259 g/mol. The molecule has 0 aliphatic heterocycles. The van der Waals surface area contributed by atoms with E-state index in [2.05, 4.69) is 28.2 Å². The van der Waals surface area contributed by atoms with Crippen LogP contribution in [0.15, 0.2) is 22.7 Å². The Bertz CT molecular complexity index is 289. The fourth-order valence-electron chi connectivity index (χ4n) is 1.25. The molecule has 0 bridgehead atoms. The van der Waals surface area contributed by atoms with Crippen molar-refractivity contribution >= 4 is 15.9 Å². The summed E-state index contributed by atoms with van der Waals surface area (Å²) in [5, 5.41) is 3.25. The quantitative estimate of drug-likeness (QED) is 0.802. The standard InChI is InChI=1S/C11H15BrFN/c1-2-6-14-7-5-9-3-4-10(12)8-11(9)13/h3-4,8,14H,2,5-7H2,1H3. The molecule has 0 saturated carbocycles. The van der Waals surface area contributed by atoms with E-state index in [1.807, 2.05) is 12.1 Å². The minimum Gasteiger partial charge on any atom is -0.316 e. The number of nitrogens with one attached hydrogen (secondary N) is 1. The maximum atomic E-state index is 13.3. The molecule has 0 aromatic heterocycles. The van der Waals surface area contributed by atoms with Gasteiger partial charge in [-0.1, -0.05) is 28.9 Å². The molecule has 0 radical (unpaired) electrons. The first-order valence-electron chi connectivity index (χ1n) is 4.88. The molecular formula is C11H15BrFN. The van der Waals surface area contributed by atoms with Gasteiger partial charge in [-0.15, -0.1) is 0 Å². The second-order valence-electron chi connectivity index (χ2n) is 3.24. The van der Waals surface area contributed by atoms with Crippen LogP contribution in [0.25, 0.3) is 0 Å². The van der Waals surface area contributed by atoms with Crippen LogP contribution in [0.1, 0.15) is 18.9 Å². The van der Waals surface area contributed by atoms with Gasteiger partial charge in [-0.25, -0.2) is 4.39 Å². The predicted molar refractivity (Wildman–Crippen MR) is 61.0 cm³/mol. The summed E-state index contributed by atoms with van der Waals surface area (Å²) in [7, 11) is 0. The Morgan fingerprint density at radius 2 is 2.14 bits per heavy atom. The molecule has 0 unspecified atom stereocenters. The molecule has 0 spiro atoms. The predicted octanol–water partition coefficient (Wildman–Crippen LogP) is 3.13. The van der Waals surface area contributed by atoms with Crippen LogP contribution in [-0.4, -0.2) is 13.1 Å². The first-order chi connectivity index (χ1) is 6.74. The summed E-state index contributed by atoms with van der Waals surface area (Å²) in [6.07, 6.45) is 1.86. The lowest BCUT2D eigenvalue weighted by molar-refractivity contribution is 0.596. The molecule has 0 heterocycles. The molecule has 1 aromatic carbocycles. The SMILES string of the molecule is CCCNCCc1ccc(Br)cc1F. The van der Waals surface area contributed by atoms with Crippen LogP contribution in [0.4, 0.5) is 4.39 Å². The molecule has 0 fully saturated rings. The molecule has 78 valence electrons. The molecule has 1 aromatic rings. The minimum atomic E-state index is -0.127. The highest BCUT2D eigenvalue weighted by Gasteiger charge is 2.01. The first-order valence-corrected chi connectivity index (χ1v) is 5.68. The van der Waals surface area contributed by atoms with E-state index >= 15 is 0 Å². The second kappa shape index (κ2) is 6.14. The van der Waals surface area contributed by atoms with E-state index in [-0.39, 0.29) is 5.82 Å². The van der Waals surface area contributed by atoms with Gasteiger partial charge < -0.3 is 5.32 Å². The lowest BCUT2D eigenvalue weighted by Gasteiger charge is -2.04. The molecule has 1 N–H and O–H groups in total. The van der Waals surface area contributed by atoms with Crippen molar-refractivity contribution in [3.8, 4) is 0 Å². The van der Waals surface area contributed by atoms with E-state index in [1.165, 1.54) is 6.07 Å². The van der Waals surface area contributed by atoms with Crippen molar-refractivity contribution in [2.45, 2.75) is 19.8 Å². The summed E-state index contributed by atoms with van der Waals surface area (Å²) in [6.45, 7) is 3.96. The third-order valence-corrected chi connectivity index (χ3v) is 2.51. The normalized spacial score (nSPS) is 10.5. The van der Waals surface area contributed by atoms with Gasteiger partial charge in [0.2, 0.25) is 0 Å². The van der Waals surface area contributed by atoms with Crippen molar-refractivity contribution in [2.24, 2.45) is 0 Å². The largest absolute Gasteiger partial charge is 0.316 e. The topological polar surface area (TPSA) is 12.0 Å². The van der Waals surface area contributed by atoms with Crippen LogP contribution in [0, 0.1) is 5.82 Å². The molecular weight excluding hydrogens is 245 g/mol. The summed E-state index contributed by atoms with van der Waals surface area (Å²) < 4.78 is 14.1. The van der Waals surface area contributed by atoms with Crippen molar-refractivity contribution in [3.63, 3.8) is 0 Å². The molecule has 1 rings (SSSR count). The summed E-state index contributed by atoms with van der Waals surface area (Å²) in [5.41, 5.74) is 0.775. The summed E-state index contributed by atoms with van der Waals surface area (Å²) in [6, 6.07) is 5.21. The fraction of sp³-hybridized carbons (Fsp3) is 0.455. The van der Waals surface area contributed by atoms with Gasteiger partial charge in [0, 0.05) is 4.47 Å². The average molecular weight is 260 g/mol. The van der Waals surface area contributed by atoms with Crippen LogP contribution in [0.5, 0.6) is 0 Å². The zero-order valence-electron chi connectivity index (χ0n) is 8.32. The Labute approximate surface area is 92.8 Å². The Hall–Kier alpha value is -0.410. The summed E-state index contributed by atoms with van der Waals surface area (Å²) in [4.78, 5) is 0. The molecule has 0 atom stereocenters. The van der Waals surface area contributed by atoms with Crippen LogP contribution in [0.3, 0.4) is 0 Å². The Balaban J connectivity index is 2.42. The van der Waals surface area contributed by atoms with Crippen molar-refractivity contribution in [3.05, 3.63) is 34.1 Å². The smallest absolute Gasteiger partial charge is 0.127 e. The van der Waals surface area contributed by atoms with Crippen LogP contribution < -0.4 is 5.32 Å².